The van der Waals surface area contributed by atoms with Crippen molar-refractivity contribution in [3.8, 4) is 17.5 Å². The molecule has 8 heteroatoms. The number of rotatable bonds is 5. The minimum atomic E-state index is -0.265. The Balaban J connectivity index is 1.47. The number of nitrogens with zero attached hydrogens (tertiary/aromatic N) is 6. The number of nitrogens with one attached hydrogen (secondary N) is 1. The van der Waals surface area contributed by atoms with E-state index in [0.717, 1.165) is 27.9 Å². The zero-order valence-electron chi connectivity index (χ0n) is 21.5. The van der Waals surface area contributed by atoms with Gasteiger partial charge in [0.05, 0.1) is 34.9 Å². The van der Waals surface area contributed by atoms with E-state index in [1.54, 1.807) is 32.4 Å². The van der Waals surface area contributed by atoms with Gasteiger partial charge in [0, 0.05) is 48.3 Å². The van der Waals surface area contributed by atoms with Crippen LogP contribution in [0.5, 0.6) is 0 Å². The molecule has 190 valence electrons. The fraction of sp³-hybridized carbons (Fsp3) is 0.0968. The third-order valence-electron chi connectivity index (χ3n) is 6.57. The molecule has 0 radical (unpaired) electrons. The normalized spacial score (nSPS) is 11.7. The molecule has 0 saturated heterocycles. The molecule has 4 heterocycles. The monoisotopic (exact) mass is 511 g/mol. The van der Waals surface area contributed by atoms with Gasteiger partial charge in [-0.1, -0.05) is 48.8 Å². The molecule has 0 amide bonds. The number of aryl methyl sites for hydroxylation is 1. The van der Waals surface area contributed by atoms with Gasteiger partial charge in [-0.3, -0.25) is 14.0 Å². The van der Waals surface area contributed by atoms with Gasteiger partial charge in [-0.05, 0) is 42.6 Å². The summed E-state index contributed by atoms with van der Waals surface area (Å²) in [5, 5.41) is 13.4. The maximum Gasteiger partial charge on any atom is 0.264 e. The molecule has 1 atom stereocenters. The first kappa shape index (κ1) is 23.9. The molecule has 6 rings (SSSR count). The summed E-state index contributed by atoms with van der Waals surface area (Å²) in [6.45, 7) is 6.26. The Labute approximate surface area is 224 Å². The number of aromatic nitrogens is 6. The van der Waals surface area contributed by atoms with Crippen LogP contribution in [0.25, 0.3) is 27.8 Å². The van der Waals surface area contributed by atoms with Crippen LogP contribution in [0.15, 0.2) is 103 Å². The average Bonchev–Trinajstić information content (AvgIpc) is 3.58. The fourth-order valence-corrected chi connectivity index (χ4v) is 4.73. The number of hydrogen-bond acceptors (Lipinski definition) is 5. The number of para-hydroxylation sites is 1. The van der Waals surface area contributed by atoms with E-state index < -0.39 is 0 Å². The van der Waals surface area contributed by atoms with Gasteiger partial charge >= 0.3 is 0 Å². The van der Waals surface area contributed by atoms with E-state index in [0.29, 0.717) is 22.3 Å². The van der Waals surface area contributed by atoms with E-state index in [2.05, 4.69) is 38.9 Å². The van der Waals surface area contributed by atoms with Gasteiger partial charge in [0.15, 0.2) is 5.65 Å². The first-order valence-electron chi connectivity index (χ1n) is 12.5. The molecule has 0 aliphatic rings. The maximum absolute atomic E-state index is 14.2. The molecule has 0 saturated carbocycles. The van der Waals surface area contributed by atoms with E-state index in [9.17, 15) is 4.79 Å². The second-order valence-electron chi connectivity index (χ2n) is 9.26. The van der Waals surface area contributed by atoms with Crippen molar-refractivity contribution < 1.29 is 0 Å². The van der Waals surface area contributed by atoms with Crippen LogP contribution in [-0.4, -0.2) is 28.9 Å². The Bertz CT molecular complexity index is 1970. The van der Waals surface area contributed by atoms with Crippen molar-refractivity contribution in [2.75, 3.05) is 0 Å². The van der Waals surface area contributed by atoms with E-state index >= 15 is 0 Å². The predicted molar refractivity (Wildman–Crippen MR) is 152 cm³/mol. The fourth-order valence-electron chi connectivity index (χ4n) is 4.73. The summed E-state index contributed by atoms with van der Waals surface area (Å²) in [7, 11) is 1.85. The minimum Gasteiger partial charge on any atom is -0.377 e. The average molecular weight is 512 g/mol. The molecule has 0 spiro atoms. The molecule has 0 aliphatic carbocycles. The van der Waals surface area contributed by atoms with Crippen LogP contribution in [0.1, 0.15) is 35.3 Å². The lowest BCUT2D eigenvalue weighted by molar-refractivity contribution is 0.652. The predicted octanol–water partition coefficient (Wildman–Crippen LogP) is 4.49. The summed E-state index contributed by atoms with van der Waals surface area (Å²) in [4.78, 5) is 18.6. The first-order valence-corrected chi connectivity index (χ1v) is 12.5. The number of pyridine rings is 1. The molecule has 2 aromatic carbocycles. The Morgan fingerprint density at radius 2 is 1.87 bits per heavy atom. The summed E-state index contributed by atoms with van der Waals surface area (Å²) in [6.07, 6.45) is 8.86. The Morgan fingerprint density at radius 1 is 1.03 bits per heavy atom. The van der Waals surface area contributed by atoms with Gasteiger partial charge < -0.3 is 5.32 Å². The summed E-state index contributed by atoms with van der Waals surface area (Å²) < 4.78 is 5.15. The highest BCUT2D eigenvalue weighted by atomic mass is 16.1. The van der Waals surface area contributed by atoms with Gasteiger partial charge in [-0.2, -0.15) is 10.2 Å². The van der Waals surface area contributed by atoms with Gasteiger partial charge in [-0.25, -0.2) is 9.50 Å². The molecule has 6 aromatic rings. The van der Waals surface area contributed by atoms with Crippen LogP contribution < -0.4 is 10.9 Å². The quantitative estimate of drug-likeness (QED) is 0.345. The lowest BCUT2D eigenvalue weighted by Crippen LogP contribution is -2.28. The molecule has 39 heavy (non-hydrogen) atoms. The third kappa shape index (κ3) is 4.47. The van der Waals surface area contributed by atoms with Crippen molar-refractivity contribution in [3.63, 3.8) is 0 Å². The van der Waals surface area contributed by atoms with Gasteiger partial charge in [-0.15, -0.1) is 0 Å². The maximum atomic E-state index is 14.2. The molecule has 4 aromatic heterocycles. The van der Waals surface area contributed by atoms with Crippen LogP contribution in [0, 0.1) is 11.8 Å². The van der Waals surface area contributed by atoms with Crippen molar-refractivity contribution in [1.82, 2.24) is 34.3 Å². The second kappa shape index (κ2) is 9.80. The molecule has 0 aliphatic heterocycles. The van der Waals surface area contributed by atoms with E-state index in [-0.39, 0.29) is 11.6 Å². The van der Waals surface area contributed by atoms with Crippen molar-refractivity contribution in [2.45, 2.75) is 13.0 Å². The van der Waals surface area contributed by atoms with Crippen LogP contribution in [0.2, 0.25) is 0 Å². The van der Waals surface area contributed by atoms with Crippen LogP contribution in [0.4, 0.5) is 0 Å². The van der Waals surface area contributed by atoms with E-state index in [1.807, 2.05) is 87.0 Å². The molecule has 1 unspecified atom stereocenters. The van der Waals surface area contributed by atoms with E-state index in [1.165, 1.54) is 0 Å². The number of hydrogen-bond donors (Lipinski definition) is 1. The van der Waals surface area contributed by atoms with Crippen molar-refractivity contribution >= 4 is 22.1 Å². The van der Waals surface area contributed by atoms with Crippen molar-refractivity contribution in [2.24, 2.45) is 7.05 Å². The zero-order chi connectivity index (χ0) is 26.9. The summed E-state index contributed by atoms with van der Waals surface area (Å²) in [5.74, 6) is 6.33. The van der Waals surface area contributed by atoms with Crippen LogP contribution in [-0.2, 0) is 7.05 Å². The van der Waals surface area contributed by atoms with Crippen molar-refractivity contribution in [3.05, 3.63) is 131 Å². The van der Waals surface area contributed by atoms with Crippen molar-refractivity contribution in [1.29, 1.82) is 0 Å². The second-order valence-corrected chi connectivity index (χ2v) is 9.26. The Hall–Kier alpha value is -5.42. The molecule has 8 nitrogen and oxygen atoms in total. The highest BCUT2D eigenvalue weighted by Gasteiger charge is 2.19. The molecular formula is C31H25N7O. The minimum absolute atomic E-state index is 0.137. The molecule has 0 bridgehead atoms. The third-order valence-corrected chi connectivity index (χ3v) is 6.57. The van der Waals surface area contributed by atoms with Gasteiger partial charge in [0.2, 0.25) is 0 Å². The number of benzene rings is 2. The van der Waals surface area contributed by atoms with Gasteiger partial charge in [0.25, 0.3) is 5.56 Å². The molecular weight excluding hydrogens is 486 g/mol. The summed E-state index contributed by atoms with van der Waals surface area (Å²) in [5.41, 5.74) is 5.05. The van der Waals surface area contributed by atoms with E-state index in [4.69, 9.17) is 0 Å². The number of fused-ring (bicyclic) bond motifs is 2. The highest BCUT2D eigenvalue weighted by Crippen LogP contribution is 2.25. The molecule has 0 fully saturated rings. The summed E-state index contributed by atoms with van der Waals surface area (Å²) in [6, 6.07) is 19.0. The lowest BCUT2D eigenvalue weighted by Gasteiger charge is -2.22. The molecule has 1 N–H and O–H groups in total. The smallest absolute Gasteiger partial charge is 0.264 e. The Kier molecular flexibility index (Phi) is 6.02. The standard InChI is InChI=1S/C31H25N7O/c1-21(27-19-34-37-16-8-15-32-30(27)37)35-22(2)28-17-25-10-7-9-24(14-13-23-18-33-36(3)20-23)29(25)31(39)38(28)26-11-5-4-6-12-26/h4-12,15-20,22,35H,1H2,2-3H3. The topological polar surface area (TPSA) is 82.0 Å². The SMILES string of the molecule is C=C(NC(C)c1cc2cccc(C#Cc3cnn(C)c3)c2c(=O)n1-c1ccccc1)c1cnn2cccnc12. The summed E-state index contributed by atoms with van der Waals surface area (Å²) >= 11 is 0. The highest BCUT2D eigenvalue weighted by molar-refractivity contribution is 5.88. The zero-order valence-corrected chi connectivity index (χ0v) is 21.5. The van der Waals surface area contributed by atoms with Gasteiger partial charge in [0.1, 0.15) is 0 Å². The first-order chi connectivity index (χ1) is 19.0. The van der Waals surface area contributed by atoms with Crippen LogP contribution in [0.3, 0.4) is 0 Å². The lowest BCUT2D eigenvalue weighted by atomic mass is 10.0. The van der Waals surface area contributed by atoms with Crippen LogP contribution >= 0.6 is 0 Å². The largest absolute Gasteiger partial charge is 0.377 e. The Morgan fingerprint density at radius 3 is 2.67 bits per heavy atom.